The number of nitrogens with two attached hydrogens (primary N) is 1. The number of aliphatic imine (C=N–C) groups is 1. The first kappa shape index (κ1) is 21.8. The zero-order valence-electron chi connectivity index (χ0n) is 16.9. The van der Waals surface area contributed by atoms with Crippen molar-refractivity contribution in [2.45, 2.75) is 24.9 Å². The molecule has 0 aliphatic heterocycles. The van der Waals surface area contributed by atoms with Crippen molar-refractivity contribution in [2.24, 2.45) is 10.7 Å². The Morgan fingerprint density at radius 3 is 2.26 bits per heavy atom. The van der Waals surface area contributed by atoms with Gasteiger partial charge in [-0.15, -0.1) is 0 Å². The minimum atomic E-state index is -0.919. The number of nitrogens with one attached hydrogen (secondary N) is 3. The van der Waals surface area contributed by atoms with Crippen LogP contribution in [0.15, 0.2) is 78.1 Å². The van der Waals surface area contributed by atoms with Gasteiger partial charge >= 0.3 is 0 Å². The van der Waals surface area contributed by atoms with Gasteiger partial charge < -0.3 is 21.7 Å². The summed E-state index contributed by atoms with van der Waals surface area (Å²) in [4.78, 5) is 28.7. The lowest BCUT2D eigenvalue weighted by Crippen LogP contribution is -2.49. The summed E-state index contributed by atoms with van der Waals surface area (Å²) < 4.78 is 13.0. The molecule has 3 rings (SSSR count). The number of anilines is 2. The highest BCUT2D eigenvalue weighted by atomic mass is 19.1. The molecule has 7 nitrogen and oxygen atoms in total. The number of nitrogens with zero attached hydrogens (tertiary/aromatic N) is 1. The molecule has 0 bridgehead atoms. The average molecular weight is 421 g/mol. The molecule has 2 aromatic carbocycles. The van der Waals surface area contributed by atoms with Gasteiger partial charge in [0.05, 0.1) is 5.57 Å². The predicted octanol–water partition coefficient (Wildman–Crippen LogP) is 2.89. The van der Waals surface area contributed by atoms with Crippen LogP contribution in [0.25, 0.3) is 0 Å². The molecule has 1 saturated carbocycles. The van der Waals surface area contributed by atoms with Crippen LogP contribution in [0.2, 0.25) is 0 Å². The highest BCUT2D eigenvalue weighted by Crippen LogP contribution is 2.36. The second-order valence-electron chi connectivity index (χ2n) is 7.13. The van der Waals surface area contributed by atoms with Crippen molar-refractivity contribution in [3.05, 3.63) is 84.5 Å². The van der Waals surface area contributed by atoms with Gasteiger partial charge in [-0.2, -0.15) is 0 Å². The Morgan fingerprint density at radius 2 is 1.71 bits per heavy atom. The van der Waals surface area contributed by atoms with E-state index < -0.39 is 11.4 Å². The number of amides is 2. The Morgan fingerprint density at radius 1 is 1.10 bits per heavy atom. The van der Waals surface area contributed by atoms with Crippen molar-refractivity contribution < 1.29 is 14.0 Å². The molecule has 0 heterocycles. The van der Waals surface area contributed by atoms with Gasteiger partial charge in [0.1, 0.15) is 11.4 Å². The van der Waals surface area contributed by atoms with Crippen molar-refractivity contribution in [3.8, 4) is 0 Å². The van der Waals surface area contributed by atoms with E-state index in [4.69, 9.17) is 5.73 Å². The molecule has 2 amide bonds. The van der Waals surface area contributed by atoms with Crippen LogP contribution in [0, 0.1) is 5.82 Å². The molecule has 0 atom stereocenters. The summed E-state index contributed by atoms with van der Waals surface area (Å²) in [5.41, 5.74) is 7.22. The highest BCUT2D eigenvalue weighted by molar-refractivity contribution is 6.13. The fraction of sp³-hybridized carbons (Fsp3) is 0.174. The zero-order chi connectivity index (χ0) is 22.3. The molecule has 0 radical (unpaired) electrons. The fourth-order valence-corrected chi connectivity index (χ4v) is 2.89. The molecule has 31 heavy (non-hydrogen) atoms. The second-order valence-corrected chi connectivity index (χ2v) is 7.13. The Labute approximate surface area is 179 Å². The number of carbonyl (C=O) groups excluding carboxylic acids is 2. The predicted molar refractivity (Wildman–Crippen MR) is 119 cm³/mol. The first-order valence-corrected chi connectivity index (χ1v) is 9.74. The van der Waals surface area contributed by atoms with E-state index in [2.05, 4.69) is 27.5 Å². The van der Waals surface area contributed by atoms with Crippen LogP contribution < -0.4 is 21.7 Å². The van der Waals surface area contributed by atoms with Crippen LogP contribution >= 0.6 is 0 Å². The van der Waals surface area contributed by atoms with E-state index in [1.54, 1.807) is 12.1 Å². The maximum Gasteiger partial charge on any atom is 0.255 e. The number of hydrogen-bond donors (Lipinski definition) is 4. The Balaban J connectivity index is 1.53. The van der Waals surface area contributed by atoms with Crippen LogP contribution in [-0.2, 0) is 16.1 Å². The summed E-state index contributed by atoms with van der Waals surface area (Å²) in [5, 5.41) is 8.78. The summed E-state index contributed by atoms with van der Waals surface area (Å²) in [6, 6.07) is 13.6. The lowest BCUT2D eigenvalue weighted by molar-refractivity contribution is -0.128. The third-order valence-corrected chi connectivity index (χ3v) is 4.84. The number of halogens is 1. The minimum Gasteiger partial charge on any atom is -0.404 e. The third-order valence-electron chi connectivity index (χ3n) is 4.84. The minimum absolute atomic E-state index is 0.156. The Bertz CT molecular complexity index is 1010. The third kappa shape index (κ3) is 5.79. The van der Waals surface area contributed by atoms with Crippen molar-refractivity contribution >= 4 is 29.4 Å². The van der Waals surface area contributed by atoms with Crippen molar-refractivity contribution in [1.29, 1.82) is 0 Å². The first-order valence-electron chi connectivity index (χ1n) is 9.74. The van der Waals surface area contributed by atoms with Crippen LogP contribution in [0.4, 0.5) is 15.8 Å². The number of benzene rings is 2. The van der Waals surface area contributed by atoms with Gasteiger partial charge in [-0.25, -0.2) is 4.39 Å². The van der Waals surface area contributed by atoms with E-state index >= 15 is 0 Å². The number of hydrogen-bond acceptors (Lipinski definition) is 5. The molecule has 2 aromatic rings. The molecule has 8 heteroatoms. The Hall–Kier alpha value is -3.94. The summed E-state index contributed by atoms with van der Waals surface area (Å²) in [6.45, 7) is 3.77. The first-order chi connectivity index (χ1) is 15.0. The molecular weight excluding hydrogens is 397 g/mol. The largest absolute Gasteiger partial charge is 0.404 e. The average Bonchev–Trinajstić information content (AvgIpc) is 3.56. The van der Waals surface area contributed by atoms with Crippen molar-refractivity contribution in [2.75, 3.05) is 5.32 Å². The summed E-state index contributed by atoms with van der Waals surface area (Å²) in [6.07, 6.45) is 4.83. The Kier molecular flexibility index (Phi) is 6.81. The molecule has 0 unspecified atom stereocenters. The summed E-state index contributed by atoms with van der Waals surface area (Å²) in [7, 11) is 0. The lowest BCUT2D eigenvalue weighted by Gasteiger charge is -2.17. The van der Waals surface area contributed by atoms with Gasteiger partial charge in [-0.1, -0.05) is 18.7 Å². The molecule has 160 valence electrons. The van der Waals surface area contributed by atoms with E-state index in [-0.39, 0.29) is 17.3 Å². The van der Waals surface area contributed by atoms with Gasteiger partial charge in [0.15, 0.2) is 0 Å². The molecule has 1 aliphatic rings. The van der Waals surface area contributed by atoms with Gasteiger partial charge in [0.25, 0.3) is 5.91 Å². The second kappa shape index (κ2) is 9.71. The SMILES string of the molecule is C=CN=C/C(=C\N)C(=O)NC1(C(=O)NCc2ccc(Nc3ccc(F)cc3)cc2)CC1. The van der Waals surface area contributed by atoms with Gasteiger partial charge in [0.2, 0.25) is 5.91 Å². The molecular formula is C23H24FN5O2. The smallest absolute Gasteiger partial charge is 0.255 e. The van der Waals surface area contributed by atoms with Gasteiger partial charge in [0, 0.05) is 36.5 Å². The van der Waals surface area contributed by atoms with Crippen LogP contribution in [-0.4, -0.2) is 23.6 Å². The van der Waals surface area contributed by atoms with Crippen molar-refractivity contribution in [3.63, 3.8) is 0 Å². The summed E-state index contributed by atoms with van der Waals surface area (Å²) in [5.74, 6) is -0.996. The van der Waals surface area contributed by atoms with E-state index in [1.165, 1.54) is 24.5 Å². The van der Waals surface area contributed by atoms with E-state index in [1.807, 2.05) is 24.3 Å². The maximum atomic E-state index is 13.0. The fourth-order valence-electron chi connectivity index (χ4n) is 2.89. The van der Waals surface area contributed by atoms with Gasteiger partial charge in [-0.05, 0) is 54.8 Å². The topological polar surface area (TPSA) is 109 Å². The van der Waals surface area contributed by atoms with E-state index in [0.717, 1.165) is 23.1 Å². The molecule has 0 saturated heterocycles. The number of rotatable bonds is 9. The maximum absolute atomic E-state index is 13.0. The quantitative estimate of drug-likeness (QED) is 0.369. The standard InChI is InChI=1S/C23H24FN5O2/c1-2-26-15-17(13-25)21(30)29-23(11-12-23)22(31)27-14-16-3-7-19(8-4-16)28-20-9-5-18(24)6-10-20/h2-10,13,15,28H,1,11-12,14,25H2,(H,27,31)(H,29,30)/b17-13+,26-15?. The van der Waals surface area contributed by atoms with Crippen molar-refractivity contribution in [1.82, 2.24) is 10.6 Å². The van der Waals surface area contributed by atoms with Crippen LogP contribution in [0.3, 0.4) is 0 Å². The molecule has 1 aliphatic carbocycles. The number of carbonyl (C=O) groups is 2. The molecule has 0 spiro atoms. The molecule has 0 aromatic heterocycles. The van der Waals surface area contributed by atoms with Crippen LogP contribution in [0.1, 0.15) is 18.4 Å². The van der Waals surface area contributed by atoms with Crippen LogP contribution in [0.5, 0.6) is 0 Å². The zero-order valence-corrected chi connectivity index (χ0v) is 16.9. The van der Waals surface area contributed by atoms with E-state index in [0.29, 0.717) is 19.4 Å². The normalized spacial score (nSPS) is 14.7. The summed E-state index contributed by atoms with van der Waals surface area (Å²) >= 11 is 0. The lowest BCUT2D eigenvalue weighted by atomic mass is 10.1. The van der Waals surface area contributed by atoms with E-state index in [9.17, 15) is 14.0 Å². The molecule has 5 N–H and O–H groups in total. The highest BCUT2D eigenvalue weighted by Gasteiger charge is 2.51. The monoisotopic (exact) mass is 421 g/mol. The molecule has 1 fully saturated rings. The van der Waals surface area contributed by atoms with Gasteiger partial charge in [-0.3, -0.25) is 14.6 Å².